The van der Waals surface area contributed by atoms with Crippen LogP contribution in [0.5, 0.6) is 0 Å². The zero-order valence-electron chi connectivity index (χ0n) is 28.1. The third-order valence-corrected chi connectivity index (χ3v) is 11.2. The lowest BCUT2D eigenvalue weighted by atomic mass is 9.98. The van der Waals surface area contributed by atoms with E-state index in [0.29, 0.717) is 0 Å². The van der Waals surface area contributed by atoms with E-state index in [9.17, 15) is 0 Å². The Bertz CT molecular complexity index is 3460. The van der Waals surface area contributed by atoms with Crippen molar-refractivity contribution in [3.8, 4) is 22.4 Å². The van der Waals surface area contributed by atoms with Crippen LogP contribution in [-0.4, -0.2) is 13.8 Å². The molecule has 8 aromatic carbocycles. The van der Waals surface area contributed by atoms with E-state index in [4.69, 9.17) is 4.98 Å². The molecule has 4 heterocycles. The zero-order chi connectivity index (χ0) is 33.9. The highest BCUT2D eigenvalue weighted by Crippen LogP contribution is 2.45. The first kappa shape index (κ1) is 27.8. The highest BCUT2D eigenvalue weighted by Gasteiger charge is 2.23. The molecule has 52 heavy (non-hydrogen) atoms. The van der Waals surface area contributed by atoms with E-state index in [-0.39, 0.29) is 0 Å². The maximum Gasteiger partial charge on any atom is 0.0789 e. The molecule has 0 saturated heterocycles. The molecule has 0 unspecified atom stereocenters. The van der Waals surface area contributed by atoms with Gasteiger partial charge in [-0.15, -0.1) is 0 Å². The highest BCUT2D eigenvalue weighted by molar-refractivity contribution is 6.22. The first-order valence-electron chi connectivity index (χ1n) is 17.9. The molecule has 0 aliphatic rings. The molecule has 12 rings (SSSR count). The molecular formula is C49H29N3. The van der Waals surface area contributed by atoms with Crippen LogP contribution in [0.4, 0.5) is 0 Å². The predicted molar refractivity (Wildman–Crippen MR) is 220 cm³/mol. The SMILES string of the molecule is c1ccc2c(c1)ccc1ccc(-c3ccc(-c4c5ccc6ccccc6c5n5c6ccccc6n6c(cc7ccc8ccccc8c76)c45)cc3)nc12. The Hall–Kier alpha value is -6.97. The monoisotopic (exact) mass is 659 g/mol. The maximum atomic E-state index is 5.22. The third-order valence-electron chi connectivity index (χ3n) is 11.2. The molecule has 4 aromatic heterocycles. The lowest BCUT2D eigenvalue weighted by Crippen LogP contribution is -1.97. The summed E-state index contributed by atoms with van der Waals surface area (Å²) in [6.07, 6.45) is 0. The number of aromatic nitrogens is 3. The van der Waals surface area contributed by atoms with E-state index in [1.807, 2.05) is 0 Å². The van der Waals surface area contributed by atoms with E-state index in [1.165, 1.54) is 87.3 Å². The zero-order valence-corrected chi connectivity index (χ0v) is 28.1. The van der Waals surface area contributed by atoms with Crippen LogP contribution < -0.4 is 0 Å². The van der Waals surface area contributed by atoms with Crippen molar-refractivity contribution in [2.24, 2.45) is 0 Å². The highest BCUT2D eigenvalue weighted by atomic mass is 15.0. The Balaban J connectivity index is 1.19. The summed E-state index contributed by atoms with van der Waals surface area (Å²) in [5, 5.41) is 11.0. The molecule has 3 nitrogen and oxygen atoms in total. The summed E-state index contributed by atoms with van der Waals surface area (Å²) in [7, 11) is 0. The second-order valence-electron chi connectivity index (χ2n) is 14.0. The Kier molecular flexibility index (Phi) is 5.50. The van der Waals surface area contributed by atoms with Gasteiger partial charge in [0.05, 0.1) is 44.3 Å². The van der Waals surface area contributed by atoms with Gasteiger partial charge in [0.2, 0.25) is 0 Å². The molecule has 0 amide bonds. The molecule has 0 fully saturated rings. The lowest BCUT2D eigenvalue weighted by molar-refractivity contribution is 1.26. The number of hydrogen-bond acceptors (Lipinski definition) is 1. The molecule has 0 aliphatic carbocycles. The van der Waals surface area contributed by atoms with Crippen LogP contribution in [0.2, 0.25) is 0 Å². The minimum atomic E-state index is 0.978. The van der Waals surface area contributed by atoms with Gasteiger partial charge in [-0.05, 0) is 46.0 Å². The molecule has 0 radical (unpaired) electrons. The third kappa shape index (κ3) is 3.72. The van der Waals surface area contributed by atoms with Crippen molar-refractivity contribution in [3.05, 3.63) is 176 Å². The Morgan fingerprint density at radius 2 is 0.865 bits per heavy atom. The second kappa shape index (κ2) is 10.3. The van der Waals surface area contributed by atoms with Crippen LogP contribution in [0.1, 0.15) is 0 Å². The summed E-state index contributed by atoms with van der Waals surface area (Å²) in [6.45, 7) is 0. The first-order chi connectivity index (χ1) is 25.8. The molecule has 0 aliphatic heterocycles. The van der Waals surface area contributed by atoms with Crippen LogP contribution in [0.3, 0.4) is 0 Å². The van der Waals surface area contributed by atoms with Gasteiger partial charge in [-0.1, -0.05) is 152 Å². The largest absolute Gasteiger partial charge is 0.305 e. The van der Waals surface area contributed by atoms with Gasteiger partial charge in [-0.3, -0.25) is 0 Å². The van der Waals surface area contributed by atoms with Crippen molar-refractivity contribution >= 4 is 87.1 Å². The minimum Gasteiger partial charge on any atom is -0.305 e. The number of nitrogens with zero attached hydrogens (tertiary/aromatic N) is 3. The van der Waals surface area contributed by atoms with Crippen molar-refractivity contribution in [2.45, 2.75) is 0 Å². The van der Waals surface area contributed by atoms with Crippen LogP contribution in [-0.2, 0) is 0 Å². The van der Waals surface area contributed by atoms with E-state index < -0.39 is 0 Å². The average Bonchev–Trinajstić information content (AvgIpc) is 3.78. The molecule has 0 saturated carbocycles. The summed E-state index contributed by atoms with van der Waals surface area (Å²) in [5.41, 5.74) is 12.8. The molecule has 12 aromatic rings. The molecule has 0 bridgehead atoms. The second-order valence-corrected chi connectivity index (χ2v) is 14.0. The number of rotatable bonds is 2. The summed E-state index contributed by atoms with van der Waals surface area (Å²) in [6, 6.07) is 64.2. The predicted octanol–water partition coefficient (Wildman–Crippen LogP) is 13.0. The fourth-order valence-electron chi connectivity index (χ4n) is 8.89. The van der Waals surface area contributed by atoms with Gasteiger partial charge in [0.25, 0.3) is 0 Å². The van der Waals surface area contributed by atoms with Crippen molar-refractivity contribution in [1.29, 1.82) is 0 Å². The summed E-state index contributed by atoms with van der Waals surface area (Å²) in [5.74, 6) is 0. The normalized spacial score (nSPS) is 12.2. The van der Waals surface area contributed by atoms with Gasteiger partial charge in [0.15, 0.2) is 0 Å². The maximum absolute atomic E-state index is 5.22. The Morgan fingerprint density at radius 1 is 0.327 bits per heavy atom. The Labute approximate surface area is 298 Å². The standard InChI is InChI=1S/C49H29N3/c1-4-12-37-30(9-1)17-23-35-26-28-41(50-46(35)37)33-19-21-34(22-20-33)45-40-27-25-32-11-3-6-14-39(32)48(40)52-43-16-8-7-15-42(43)51-44(49(45)52)29-36-24-18-31-10-2-5-13-38(31)47(36)51/h1-29H. The fourth-order valence-corrected chi connectivity index (χ4v) is 8.89. The van der Waals surface area contributed by atoms with Gasteiger partial charge in [0, 0.05) is 43.4 Å². The summed E-state index contributed by atoms with van der Waals surface area (Å²) >= 11 is 0. The number of benzene rings is 8. The summed E-state index contributed by atoms with van der Waals surface area (Å²) in [4.78, 5) is 5.22. The van der Waals surface area contributed by atoms with Crippen molar-refractivity contribution < 1.29 is 0 Å². The fraction of sp³-hybridized carbons (Fsp3) is 0. The van der Waals surface area contributed by atoms with E-state index in [2.05, 4.69) is 185 Å². The van der Waals surface area contributed by atoms with E-state index in [0.717, 1.165) is 22.2 Å². The van der Waals surface area contributed by atoms with Gasteiger partial charge in [-0.2, -0.15) is 0 Å². The van der Waals surface area contributed by atoms with Gasteiger partial charge in [0.1, 0.15) is 0 Å². The number of fused-ring (bicyclic) bond motifs is 17. The first-order valence-corrected chi connectivity index (χ1v) is 17.9. The van der Waals surface area contributed by atoms with Crippen molar-refractivity contribution in [2.75, 3.05) is 0 Å². The van der Waals surface area contributed by atoms with Crippen LogP contribution >= 0.6 is 0 Å². The van der Waals surface area contributed by atoms with Crippen molar-refractivity contribution in [3.63, 3.8) is 0 Å². The minimum absolute atomic E-state index is 0.978. The number of hydrogen-bond donors (Lipinski definition) is 0. The molecular weight excluding hydrogens is 631 g/mol. The van der Waals surface area contributed by atoms with Crippen LogP contribution in [0.25, 0.3) is 109 Å². The Morgan fingerprint density at radius 3 is 1.62 bits per heavy atom. The molecule has 240 valence electrons. The quantitative estimate of drug-likeness (QED) is 0.169. The van der Waals surface area contributed by atoms with Gasteiger partial charge < -0.3 is 8.80 Å². The summed E-state index contributed by atoms with van der Waals surface area (Å²) < 4.78 is 5.03. The smallest absolute Gasteiger partial charge is 0.0789 e. The number of para-hydroxylation sites is 2. The van der Waals surface area contributed by atoms with E-state index >= 15 is 0 Å². The number of pyridine rings is 1. The van der Waals surface area contributed by atoms with Gasteiger partial charge in [-0.25, -0.2) is 4.98 Å². The molecule has 0 N–H and O–H groups in total. The van der Waals surface area contributed by atoms with Gasteiger partial charge >= 0.3 is 0 Å². The van der Waals surface area contributed by atoms with Crippen LogP contribution in [0.15, 0.2) is 176 Å². The average molecular weight is 660 g/mol. The lowest BCUT2D eigenvalue weighted by Gasteiger charge is -2.12. The topological polar surface area (TPSA) is 21.7 Å². The molecule has 0 atom stereocenters. The molecule has 0 spiro atoms. The van der Waals surface area contributed by atoms with Crippen molar-refractivity contribution in [1.82, 2.24) is 13.8 Å². The molecule has 3 heteroatoms. The van der Waals surface area contributed by atoms with E-state index in [1.54, 1.807) is 0 Å². The van der Waals surface area contributed by atoms with Crippen LogP contribution in [0, 0.1) is 0 Å².